The van der Waals surface area contributed by atoms with Gasteiger partial charge in [0.25, 0.3) is 5.56 Å². The van der Waals surface area contributed by atoms with Crippen molar-refractivity contribution in [2.45, 2.75) is 66.5 Å². The monoisotopic (exact) mass is 490 g/mol. The van der Waals surface area contributed by atoms with Gasteiger partial charge in [-0.3, -0.25) is 19.1 Å². The first-order valence-corrected chi connectivity index (χ1v) is 12.1. The SMILES string of the molecule is CCCCn1c(=O)[nH]c(=O)c2c1nc(CCC(=O)Nc1nc(C)c(C(=O)OC)s1)n2CC(C)C. The van der Waals surface area contributed by atoms with Crippen molar-refractivity contribution >= 4 is 39.5 Å². The van der Waals surface area contributed by atoms with Crippen LogP contribution in [-0.4, -0.2) is 43.1 Å². The van der Waals surface area contributed by atoms with Crippen molar-refractivity contribution in [3.8, 4) is 0 Å². The average molecular weight is 491 g/mol. The molecule has 11 nitrogen and oxygen atoms in total. The lowest BCUT2D eigenvalue weighted by atomic mass is 10.2. The Labute approximate surface area is 200 Å². The first-order valence-electron chi connectivity index (χ1n) is 11.2. The molecule has 1 amide bonds. The number of hydrogen-bond acceptors (Lipinski definition) is 8. The molecule has 0 saturated heterocycles. The number of nitrogens with one attached hydrogen (secondary N) is 2. The Morgan fingerprint density at radius 2 is 1.94 bits per heavy atom. The first kappa shape index (κ1) is 25.3. The average Bonchev–Trinajstić information content (AvgIpc) is 3.31. The maximum atomic E-state index is 12.7. The number of carbonyl (C=O) groups is 2. The summed E-state index contributed by atoms with van der Waals surface area (Å²) in [5, 5.41) is 3.02. The van der Waals surface area contributed by atoms with Gasteiger partial charge in [0, 0.05) is 25.9 Å². The van der Waals surface area contributed by atoms with Crippen LogP contribution in [0, 0.1) is 12.8 Å². The van der Waals surface area contributed by atoms with E-state index in [-0.39, 0.29) is 24.7 Å². The molecule has 0 aliphatic rings. The zero-order valence-electron chi connectivity index (χ0n) is 20.1. The highest BCUT2D eigenvalue weighted by molar-refractivity contribution is 7.17. The highest BCUT2D eigenvalue weighted by Crippen LogP contribution is 2.23. The minimum atomic E-state index is -0.503. The van der Waals surface area contributed by atoms with Crippen LogP contribution in [0.4, 0.5) is 5.13 Å². The highest BCUT2D eigenvalue weighted by atomic mass is 32.1. The number of aromatic nitrogens is 5. The summed E-state index contributed by atoms with van der Waals surface area (Å²) in [6.45, 7) is 8.71. The number of imidazole rings is 1. The maximum Gasteiger partial charge on any atom is 0.350 e. The smallest absolute Gasteiger partial charge is 0.350 e. The number of thiazole rings is 1. The largest absolute Gasteiger partial charge is 0.465 e. The molecule has 0 aliphatic carbocycles. The van der Waals surface area contributed by atoms with Gasteiger partial charge in [-0.25, -0.2) is 19.6 Å². The van der Waals surface area contributed by atoms with Crippen LogP contribution in [0.25, 0.3) is 11.2 Å². The van der Waals surface area contributed by atoms with Gasteiger partial charge in [0.1, 0.15) is 10.7 Å². The molecule has 0 fully saturated rings. The van der Waals surface area contributed by atoms with Gasteiger partial charge in [-0.05, 0) is 19.3 Å². The summed E-state index contributed by atoms with van der Waals surface area (Å²) in [6.07, 6.45) is 2.02. The Morgan fingerprint density at radius 3 is 2.59 bits per heavy atom. The molecule has 0 bridgehead atoms. The van der Waals surface area contributed by atoms with Crippen LogP contribution in [0.15, 0.2) is 9.59 Å². The summed E-state index contributed by atoms with van der Waals surface area (Å²) in [5.41, 5.74) is 0.208. The molecular formula is C22H30N6O5S. The van der Waals surface area contributed by atoms with Crippen molar-refractivity contribution in [3.05, 3.63) is 37.2 Å². The second-order valence-corrected chi connectivity index (χ2v) is 9.44. The number of H-pyrrole nitrogens is 1. The highest BCUT2D eigenvalue weighted by Gasteiger charge is 2.21. The number of ether oxygens (including phenoxy) is 1. The molecule has 3 rings (SSSR count). The van der Waals surface area contributed by atoms with Crippen molar-refractivity contribution in [1.82, 2.24) is 24.1 Å². The summed E-state index contributed by atoms with van der Waals surface area (Å²) in [5.74, 6) is -0.0240. The summed E-state index contributed by atoms with van der Waals surface area (Å²) >= 11 is 1.05. The van der Waals surface area contributed by atoms with Gasteiger partial charge in [-0.1, -0.05) is 38.5 Å². The number of fused-ring (bicyclic) bond motifs is 1. The number of anilines is 1. The third-order valence-electron chi connectivity index (χ3n) is 5.24. The predicted molar refractivity (Wildman–Crippen MR) is 130 cm³/mol. The molecule has 0 saturated carbocycles. The lowest BCUT2D eigenvalue weighted by molar-refractivity contribution is -0.116. The molecule has 34 heavy (non-hydrogen) atoms. The minimum absolute atomic E-state index is 0.0880. The Morgan fingerprint density at radius 1 is 1.21 bits per heavy atom. The lowest BCUT2D eigenvalue weighted by Crippen LogP contribution is -2.31. The maximum absolute atomic E-state index is 12.7. The van der Waals surface area contributed by atoms with Crippen molar-refractivity contribution in [1.29, 1.82) is 0 Å². The summed E-state index contributed by atoms with van der Waals surface area (Å²) in [7, 11) is 1.29. The number of aryl methyl sites for hydroxylation is 3. The number of nitrogens with zero attached hydrogens (tertiary/aromatic N) is 4. The van der Waals surface area contributed by atoms with Gasteiger partial charge < -0.3 is 14.6 Å². The van der Waals surface area contributed by atoms with Crippen LogP contribution >= 0.6 is 11.3 Å². The Balaban J connectivity index is 1.88. The van der Waals surface area contributed by atoms with Crippen molar-refractivity contribution in [2.75, 3.05) is 12.4 Å². The number of hydrogen-bond donors (Lipinski definition) is 2. The van der Waals surface area contributed by atoms with E-state index in [4.69, 9.17) is 4.74 Å². The molecule has 12 heteroatoms. The van der Waals surface area contributed by atoms with E-state index >= 15 is 0 Å². The van der Waals surface area contributed by atoms with Crippen molar-refractivity contribution < 1.29 is 14.3 Å². The second-order valence-electron chi connectivity index (χ2n) is 8.44. The topological polar surface area (TPSA) is 141 Å². The first-order chi connectivity index (χ1) is 16.2. The van der Waals surface area contributed by atoms with Gasteiger partial charge in [-0.2, -0.15) is 0 Å². The van der Waals surface area contributed by atoms with Crippen LogP contribution in [0.3, 0.4) is 0 Å². The zero-order chi connectivity index (χ0) is 25.0. The molecule has 0 aromatic carbocycles. The molecule has 0 spiro atoms. The number of unbranched alkanes of at least 4 members (excludes halogenated alkanes) is 1. The van der Waals surface area contributed by atoms with E-state index in [0.29, 0.717) is 45.8 Å². The van der Waals surface area contributed by atoms with E-state index in [1.807, 2.05) is 20.8 Å². The lowest BCUT2D eigenvalue weighted by Gasteiger charge is -2.11. The molecular weight excluding hydrogens is 460 g/mol. The summed E-state index contributed by atoms with van der Waals surface area (Å²) in [4.78, 5) is 61.1. The van der Waals surface area contributed by atoms with Crippen LogP contribution in [0.2, 0.25) is 0 Å². The van der Waals surface area contributed by atoms with E-state index in [1.54, 1.807) is 11.5 Å². The third-order valence-corrected chi connectivity index (χ3v) is 6.29. The van der Waals surface area contributed by atoms with Crippen molar-refractivity contribution in [2.24, 2.45) is 5.92 Å². The molecule has 0 radical (unpaired) electrons. The molecule has 3 aromatic rings. The molecule has 3 aromatic heterocycles. The summed E-state index contributed by atoms with van der Waals surface area (Å²) < 4.78 is 8.02. The van der Waals surface area contributed by atoms with Gasteiger partial charge in [0.15, 0.2) is 16.3 Å². The van der Waals surface area contributed by atoms with E-state index < -0.39 is 17.2 Å². The minimum Gasteiger partial charge on any atom is -0.465 e. The Bertz CT molecular complexity index is 1320. The molecule has 0 atom stereocenters. The molecule has 3 heterocycles. The van der Waals surface area contributed by atoms with Crippen molar-refractivity contribution in [3.63, 3.8) is 0 Å². The van der Waals surface area contributed by atoms with E-state index in [0.717, 1.165) is 24.2 Å². The normalized spacial score (nSPS) is 11.4. The predicted octanol–water partition coefficient (Wildman–Crippen LogP) is 2.47. The van der Waals surface area contributed by atoms with Gasteiger partial charge in [0.05, 0.1) is 12.8 Å². The number of carbonyl (C=O) groups excluding carboxylic acids is 2. The number of aromatic amines is 1. The van der Waals surface area contributed by atoms with Crippen LogP contribution < -0.4 is 16.6 Å². The standard InChI is InChI=1S/C22H30N6O5S/c1-6-7-10-27-18-16(19(30)26-22(27)32)28(11-12(2)3)14(24-18)8-9-15(29)25-21-23-13(4)17(34-21)20(31)33-5/h12H,6-11H2,1-5H3,(H,23,25,29)(H,26,30,32). The van der Waals surface area contributed by atoms with E-state index in [2.05, 4.69) is 20.3 Å². The van der Waals surface area contributed by atoms with Crippen LogP contribution in [-0.2, 0) is 29.0 Å². The van der Waals surface area contributed by atoms with E-state index in [9.17, 15) is 19.2 Å². The number of rotatable bonds is 10. The quantitative estimate of drug-likeness (QED) is 0.416. The molecule has 2 N–H and O–H groups in total. The summed E-state index contributed by atoms with van der Waals surface area (Å²) in [6, 6.07) is 0. The van der Waals surface area contributed by atoms with Crippen LogP contribution in [0.5, 0.6) is 0 Å². The fourth-order valence-electron chi connectivity index (χ4n) is 3.63. The van der Waals surface area contributed by atoms with E-state index in [1.165, 1.54) is 11.7 Å². The third kappa shape index (κ3) is 5.44. The fraction of sp³-hybridized carbons (Fsp3) is 0.545. The molecule has 0 aliphatic heterocycles. The Kier molecular flexibility index (Phi) is 8.02. The Hall–Kier alpha value is -3.28. The second kappa shape index (κ2) is 10.8. The van der Waals surface area contributed by atoms with Crippen LogP contribution in [0.1, 0.15) is 61.2 Å². The molecule has 184 valence electrons. The zero-order valence-corrected chi connectivity index (χ0v) is 20.9. The van der Waals surface area contributed by atoms with Gasteiger partial charge >= 0.3 is 11.7 Å². The van der Waals surface area contributed by atoms with Gasteiger partial charge in [-0.15, -0.1) is 0 Å². The number of esters is 1. The van der Waals surface area contributed by atoms with Gasteiger partial charge in [0.2, 0.25) is 5.91 Å². The molecule has 0 unspecified atom stereocenters. The number of methoxy groups -OCH3 is 1. The fourth-order valence-corrected chi connectivity index (χ4v) is 4.53. The number of amides is 1.